The van der Waals surface area contributed by atoms with E-state index in [4.69, 9.17) is 0 Å². The zero-order valence-electron chi connectivity index (χ0n) is 12.4. The summed E-state index contributed by atoms with van der Waals surface area (Å²) < 4.78 is 15.5. The quantitative estimate of drug-likeness (QED) is 0.878. The first kappa shape index (κ1) is 15.0. The fourth-order valence-electron chi connectivity index (χ4n) is 2.64. The van der Waals surface area contributed by atoms with Crippen LogP contribution in [-0.2, 0) is 18.3 Å². The van der Waals surface area contributed by atoms with Crippen molar-refractivity contribution >= 4 is 17.7 Å². The van der Waals surface area contributed by atoms with E-state index in [-0.39, 0.29) is 23.0 Å². The summed E-state index contributed by atoms with van der Waals surface area (Å²) in [4.78, 5) is 12.3. The molecule has 0 saturated heterocycles. The first-order chi connectivity index (χ1) is 10.6. The Morgan fingerprint density at radius 3 is 3.09 bits per heavy atom. The average molecular weight is 320 g/mol. The van der Waals surface area contributed by atoms with Crippen LogP contribution in [0.3, 0.4) is 0 Å². The molecule has 1 aromatic carbocycles. The Bertz CT molecular complexity index is 703. The van der Waals surface area contributed by atoms with E-state index in [9.17, 15) is 9.18 Å². The molecule has 0 fully saturated rings. The molecule has 1 amide bonds. The van der Waals surface area contributed by atoms with Gasteiger partial charge in [-0.15, -0.1) is 10.2 Å². The predicted octanol–water partition coefficient (Wildman–Crippen LogP) is 2.24. The number of carbonyl (C=O) groups excluding carboxylic acids is 1. The molecule has 2 atom stereocenters. The van der Waals surface area contributed by atoms with Crippen LogP contribution in [0.2, 0.25) is 0 Å². The number of hydrogen-bond acceptors (Lipinski definition) is 4. The number of fused-ring (bicyclic) bond motifs is 1. The SMILES string of the molecule is C[C@@H](Sc1nncn1C)C(=O)N[C@H]1CCc2c(F)cccc21. The molecule has 116 valence electrons. The van der Waals surface area contributed by atoms with Gasteiger partial charge in [-0.2, -0.15) is 0 Å². The van der Waals surface area contributed by atoms with Crippen molar-refractivity contribution in [2.24, 2.45) is 7.05 Å². The predicted molar refractivity (Wildman–Crippen MR) is 81.9 cm³/mol. The summed E-state index contributed by atoms with van der Waals surface area (Å²) in [6.07, 6.45) is 3.00. The summed E-state index contributed by atoms with van der Waals surface area (Å²) in [5.74, 6) is -0.258. The highest BCUT2D eigenvalue weighted by atomic mass is 32.2. The summed E-state index contributed by atoms with van der Waals surface area (Å²) in [5.41, 5.74) is 1.62. The molecule has 7 heteroatoms. The fraction of sp³-hybridized carbons (Fsp3) is 0.400. The third-order valence-corrected chi connectivity index (χ3v) is 5.00. The van der Waals surface area contributed by atoms with E-state index >= 15 is 0 Å². The lowest BCUT2D eigenvalue weighted by Crippen LogP contribution is -2.33. The molecule has 1 N–H and O–H groups in total. The average Bonchev–Trinajstić information content (AvgIpc) is 3.07. The molecule has 0 spiro atoms. The molecule has 3 rings (SSSR count). The van der Waals surface area contributed by atoms with Gasteiger partial charge >= 0.3 is 0 Å². The van der Waals surface area contributed by atoms with Crippen molar-refractivity contribution in [1.29, 1.82) is 0 Å². The number of nitrogens with one attached hydrogen (secondary N) is 1. The monoisotopic (exact) mass is 320 g/mol. The molecule has 0 radical (unpaired) electrons. The number of aromatic nitrogens is 3. The first-order valence-corrected chi connectivity index (χ1v) is 8.02. The zero-order valence-corrected chi connectivity index (χ0v) is 13.2. The van der Waals surface area contributed by atoms with Gasteiger partial charge in [-0.25, -0.2) is 4.39 Å². The molecule has 1 aliphatic rings. The van der Waals surface area contributed by atoms with E-state index in [2.05, 4.69) is 15.5 Å². The number of benzene rings is 1. The normalized spacial score (nSPS) is 18.0. The van der Waals surface area contributed by atoms with Gasteiger partial charge in [-0.1, -0.05) is 23.9 Å². The van der Waals surface area contributed by atoms with Gasteiger partial charge < -0.3 is 9.88 Å². The van der Waals surface area contributed by atoms with Crippen LogP contribution in [0.15, 0.2) is 29.7 Å². The van der Waals surface area contributed by atoms with Crippen LogP contribution in [0.4, 0.5) is 4.39 Å². The topological polar surface area (TPSA) is 59.8 Å². The molecule has 1 aromatic heterocycles. The van der Waals surface area contributed by atoms with Gasteiger partial charge in [0.2, 0.25) is 5.91 Å². The van der Waals surface area contributed by atoms with Crippen LogP contribution < -0.4 is 5.32 Å². The van der Waals surface area contributed by atoms with E-state index in [1.54, 1.807) is 17.0 Å². The third-order valence-electron chi connectivity index (χ3n) is 3.85. The third kappa shape index (κ3) is 2.85. The summed E-state index contributed by atoms with van der Waals surface area (Å²) in [6, 6.07) is 4.93. The van der Waals surface area contributed by atoms with Crippen molar-refractivity contribution < 1.29 is 9.18 Å². The maximum Gasteiger partial charge on any atom is 0.233 e. The zero-order chi connectivity index (χ0) is 15.7. The molecule has 0 saturated carbocycles. The fourth-order valence-corrected chi connectivity index (χ4v) is 3.44. The van der Waals surface area contributed by atoms with Crippen molar-refractivity contribution in [3.63, 3.8) is 0 Å². The number of amides is 1. The highest BCUT2D eigenvalue weighted by Crippen LogP contribution is 2.33. The molecular weight excluding hydrogens is 303 g/mol. The van der Waals surface area contributed by atoms with Crippen LogP contribution in [0, 0.1) is 5.82 Å². The second kappa shape index (κ2) is 6.08. The number of aryl methyl sites for hydroxylation is 1. The van der Waals surface area contributed by atoms with Gasteiger partial charge in [0.05, 0.1) is 11.3 Å². The summed E-state index contributed by atoms with van der Waals surface area (Å²) >= 11 is 1.36. The van der Waals surface area contributed by atoms with Crippen molar-refractivity contribution in [3.05, 3.63) is 41.5 Å². The lowest BCUT2D eigenvalue weighted by Gasteiger charge is -2.17. The summed E-state index contributed by atoms with van der Waals surface area (Å²) in [6.45, 7) is 1.83. The minimum Gasteiger partial charge on any atom is -0.348 e. The highest BCUT2D eigenvalue weighted by molar-refractivity contribution is 8.00. The Hall–Kier alpha value is -1.89. The van der Waals surface area contributed by atoms with Crippen molar-refractivity contribution in [2.75, 3.05) is 0 Å². The van der Waals surface area contributed by atoms with Gasteiger partial charge in [-0.05, 0) is 37.0 Å². The highest BCUT2D eigenvalue weighted by Gasteiger charge is 2.28. The Labute approximate surface area is 132 Å². The minimum absolute atomic E-state index is 0.0740. The van der Waals surface area contributed by atoms with E-state index in [1.807, 2.05) is 20.0 Å². The second-order valence-electron chi connectivity index (χ2n) is 5.39. The van der Waals surface area contributed by atoms with E-state index in [0.717, 1.165) is 17.5 Å². The number of thioether (sulfide) groups is 1. The van der Waals surface area contributed by atoms with Crippen molar-refractivity contribution in [2.45, 2.75) is 36.2 Å². The second-order valence-corrected chi connectivity index (χ2v) is 6.70. The molecule has 22 heavy (non-hydrogen) atoms. The molecular formula is C15H17FN4OS. The number of nitrogens with zero attached hydrogens (tertiary/aromatic N) is 3. The van der Waals surface area contributed by atoms with Gasteiger partial charge in [-0.3, -0.25) is 4.79 Å². The van der Waals surface area contributed by atoms with Crippen LogP contribution in [0.25, 0.3) is 0 Å². The first-order valence-electron chi connectivity index (χ1n) is 7.14. The maximum atomic E-state index is 13.7. The lowest BCUT2D eigenvalue weighted by molar-refractivity contribution is -0.121. The van der Waals surface area contributed by atoms with Crippen LogP contribution in [0.5, 0.6) is 0 Å². The largest absolute Gasteiger partial charge is 0.348 e. The van der Waals surface area contributed by atoms with Gasteiger partial charge in [0.25, 0.3) is 0 Å². The van der Waals surface area contributed by atoms with Gasteiger partial charge in [0.15, 0.2) is 5.16 Å². The molecule has 1 aliphatic carbocycles. The smallest absolute Gasteiger partial charge is 0.233 e. The van der Waals surface area contributed by atoms with Crippen LogP contribution in [0.1, 0.15) is 30.5 Å². The van der Waals surface area contributed by atoms with Crippen molar-refractivity contribution in [3.8, 4) is 0 Å². The van der Waals surface area contributed by atoms with E-state index in [1.165, 1.54) is 17.8 Å². The Balaban J connectivity index is 1.66. The molecule has 0 aliphatic heterocycles. The molecule has 0 bridgehead atoms. The number of rotatable bonds is 4. The van der Waals surface area contributed by atoms with Gasteiger partial charge in [0.1, 0.15) is 12.1 Å². The Morgan fingerprint density at radius 2 is 2.36 bits per heavy atom. The summed E-state index contributed by atoms with van der Waals surface area (Å²) in [7, 11) is 1.84. The number of carbonyl (C=O) groups is 1. The van der Waals surface area contributed by atoms with Gasteiger partial charge in [0, 0.05) is 7.05 Å². The van der Waals surface area contributed by atoms with E-state index < -0.39 is 0 Å². The molecule has 0 unspecified atom stereocenters. The van der Waals surface area contributed by atoms with Crippen molar-refractivity contribution in [1.82, 2.24) is 20.1 Å². The van der Waals surface area contributed by atoms with Crippen LogP contribution in [-0.4, -0.2) is 25.9 Å². The standard InChI is InChI=1S/C15H17FN4OS/c1-9(22-15-19-17-8-20(15)2)14(21)18-13-7-6-10-11(13)4-3-5-12(10)16/h3-5,8-9,13H,6-7H2,1-2H3,(H,18,21)/t9-,13+/m1/s1. The minimum atomic E-state index is -0.291. The Kier molecular flexibility index (Phi) is 4.15. The lowest BCUT2D eigenvalue weighted by atomic mass is 10.1. The number of halogens is 1. The van der Waals surface area contributed by atoms with Crippen LogP contribution >= 0.6 is 11.8 Å². The Morgan fingerprint density at radius 1 is 1.55 bits per heavy atom. The molecule has 1 heterocycles. The summed E-state index contributed by atoms with van der Waals surface area (Å²) in [5, 5.41) is 11.2. The van der Waals surface area contributed by atoms with E-state index in [0.29, 0.717) is 11.6 Å². The molecule has 5 nitrogen and oxygen atoms in total. The number of hydrogen-bond donors (Lipinski definition) is 1. The molecule has 2 aromatic rings. The maximum absolute atomic E-state index is 13.7.